The molecule has 0 saturated carbocycles. The van der Waals surface area contributed by atoms with E-state index in [-0.39, 0.29) is 0 Å². The van der Waals surface area contributed by atoms with E-state index >= 15 is 0 Å². The minimum absolute atomic E-state index is 0.681. The summed E-state index contributed by atoms with van der Waals surface area (Å²) < 4.78 is 0. The van der Waals surface area contributed by atoms with Gasteiger partial charge in [-0.1, -0.05) is 0 Å². The lowest BCUT2D eigenvalue weighted by Crippen LogP contribution is -2.26. The molecule has 11 heavy (non-hydrogen) atoms. The number of rotatable bonds is 1. The number of hydrogen-bond donors (Lipinski definition) is 1. The van der Waals surface area contributed by atoms with Crippen LogP contribution in [0, 0.1) is 0 Å². The predicted octanol–water partition coefficient (Wildman–Crippen LogP) is 1.11. The van der Waals surface area contributed by atoms with E-state index in [1.54, 1.807) is 0 Å². The fourth-order valence-corrected chi connectivity index (χ4v) is 1.29. The van der Waals surface area contributed by atoms with Crippen LogP contribution in [-0.4, -0.2) is 25.0 Å². The van der Waals surface area contributed by atoms with Gasteiger partial charge in [0.15, 0.2) is 0 Å². The first-order chi connectivity index (χ1) is 5.15. The molecule has 0 atom stereocenters. The molecule has 2 N–H and O–H groups in total. The van der Waals surface area contributed by atoms with E-state index in [9.17, 15) is 0 Å². The van der Waals surface area contributed by atoms with Crippen LogP contribution in [0.1, 0.15) is 13.8 Å². The van der Waals surface area contributed by atoms with Gasteiger partial charge in [0, 0.05) is 25.8 Å². The molecule has 0 aromatic heterocycles. The van der Waals surface area contributed by atoms with Gasteiger partial charge >= 0.3 is 0 Å². The van der Waals surface area contributed by atoms with Crippen molar-refractivity contribution in [1.29, 1.82) is 0 Å². The lowest BCUT2D eigenvalue weighted by molar-refractivity contribution is 0.442. The van der Waals surface area contributed by atoms with Gasteiger partial charge < -0.3 is 10.6 Å². The molecule has 0 aromatic carbocycles. The third-order valence-electron chi connectivity index (χ3n) is 2.26. The third-order valence-corrected chi connectivity index (χ3v) is 2.26. The molecule has 62 valence electrons. The predicted molar refractivity (Wildman–Crippen MR) is 48.1 cm³/mol. The molecule has 0 aromatic rings. The zero-order valence-corrected chi connectivity index (χ0v) is 7.52. The highest BCUT2D eigenvalue weighted by Crippen LogP contribution is 2.17. The summed E-state index contributed by atoms with van der Waals surface area (Å²) >= 11 is 0. The summed E-state index contributed by atoms with van der Waals surface area (Å²) in [6.45, 7) is 5.92. The second kappa shape index (κ2) is 3.09. The van der Waals surface area contributed by atoms with E-state index in [2.05, 4.69) is 31.9 Å². The Hall–Kier alpha value is -0.760. The maximum Gasteiger partial charge on any atom is 0.0400 e. The van der Waals surface area contributed by atoms with Crippen LogP contribution in [0.15, 0.2) is 22.9 Å². The molecule has 0 bridgehead atoms. The summed E-state index contributed by atoms with van der Waals surface area (Å²) in [5.74, 6) is 0. The van der Waals surface area contributed by atoms with Crippen molar-refractivity contribution in [1.82, 2.24) is 4.90 Å². The Labute approximate surface area is 68.4 Å². The number of likely N-dealkylation sites (N-methyl/N-ethyl adjacent to an activating group) is 1. The molecule has 1 heterocycles. The highest BCUT2D eigenvalue weighted by molar-refractivity contribution is 5.32. The molecule has 2 heteroatoms. The van der Waals surface area contributed by atoms with Crippen molar-refractivity contribution < 1.29 is 0 Å². The fourth-order valence-electron chi connectivity index (χ4n) is 1.29. The summed E-state index contributed by atoms with van der Waals surface area (Å²) in [4.78, 5) is 2.22. The smallest absolute Gasteiger partial charge is 0.0400 e. The first-order valence-corrected chi connectivity index (χ1v) is 3.93. The Morgan fingerprint density at radius 3 is 2.73 bits per heavy atom. The average Bonchev–Trinajstić information content (AvgIpc) is 1.97. The van der Waals surface area contributed by atoms with Crippen LogP contribution in [0.4, 0.5) is 0 Å². The molecular weight excluding hydrogens is 136 g/mol. The van der Waals surface area contributed by atoms with Gasteiger partial charge in [-0.05, 0) is 31.1 Å². The van der Waals surface area contributed by atoms with Crippen molar-refractivity contribution in [2.24, 2.45) is 5.73 Å². The van der Waals surface area contributed by atoms with Gasteiger partial charge in [-0.25, -0.2) is 0 Å². The standard InChI is InChI=1S/C9H16N2/c1-7-4-8(2)11(3)6-9(7)5-10/h4H,5-6,10H2,1-3H3. The van der Waals surface area contributed by atoms with Gasteiger partial charge in [0.05, 0.1) is 0 Å². The molecule has 0 saturated heterocycles. The van der Waals surface area contributed by atoms with Crippen LogP contribution in [0.5, 0.6) is 0 Å². The van der Waals surface area contributed by atoms with Crippen LogP contribution in [0.3, 0.4) is 0 Å². The van der Waals surface area contributed by atoms with Gasteiger partial charge in [0.2, 0.25) is 0 Å². The van der Waals surface area contributed by atoms with E-state index in [1.807, 2.05) is 0 Å². The Morgan fingerprint density at radius 1 is 1.55 bits per heavy atom. The van der Waals surface area contributed by atoms with E-state index in [4.69, 9.17) is 5.73 Å². The largest absolute Gasteiger partial charge is 0.374 e. The molecular formula is C9H16N2. The first kappa shape index (κ1) is 8.34. The van der Waals surface area contributed by atoms with Crippen molar-refractivity contribution in [3.8, 4) is 0 Å². The monoisotopic (exact) mass is 152 g/mol. The summed E-state index contributed by atoms with van der Waals surface area (Å²) in [6.07, 6.45) is 2.19. The number of allylic oxidation sites excluding steroid dienone is 3. The third kappa shape index (κ3) is 1.63. The Morgan fingerprint density at radius 2 is 2.18 bits per heavy atom. The molecule has 1 rings (SSSR count). The van der Waals surface area contributed by atoms with Gasteiger partial charge in [0.1, 0.15) is 0 Å². The number of nitrogens with two attached hydrogens (primary N) is 1. The molecule has 2 nitrogen and oxygen atoms in total. The fraction of sp³-hybridized carbons (Fsp3) is 0.556. The zero-order chi connectivity index (χ0) is 8.43. The summed E-state index contributed by atoms with van der Waals surface area (Å²) in [5, 5.41) is 0. The molecule has 1 aliphatic rings. The first-order valence-electron chi connectivity index (χ1n) is 3.93. The Bertz CT molecular complexity index is 214. The van der Waals surface area contributed by atoms with Crippen molar-refractivity contribution in [2.75, 3.05) is 20.1 Å². The van der Waals surface area contributed by atoms with Crippen LogP contribution in [-0.2, 0) is 0 Å². The lowest BCUT2D eigenvalue weighted by Gasteiger charge is -2.26. The molecule has 0 unspecified atom stereocenters. The molecule has 1 aliphatic heterocycles. The highest BCUT2D eigenvalue weighted by atomic mass is 15.1. The van der Waals surface area contributed by atoms with Crippen molar-refractivity contribution in [3.05, 3.63) is 22.9 Å². The minimum atomic E-state index is 0.681. The lowest BCUT2D eigenvalue weighted by atomic mass is 10.0. The topological polar surface area (TPSA) is 29.3 Å². The van der Waals surface area contributed by atoms with Gasteiger partial charge in [0.25, 0.3) is 0 Å². The number of nitrogens with zero attached hydrogens (tertiary/aromatic N) is 1. The van der Waals surface area contributed by atoms with Crippen LogP contribution >= 0.6 is 0 Å². The minimum Gasteiger partial charge on any atom is -0.374 e. The van der Waals surface area contributed by atoms with Gasteiger partial charge in [-0.2, -0.15) is 0 Å². The van der Waals surface area contributed by atoms with Crippen molar-refractivity contribution >= 4 is 0 Å². The summed E-state index contributed by atoms with van der Waals surface area (Å²) in [5.41, 5.74) is 9.59. The van der Waals surface area contributed by atoms with E-state index in [0.29, 0.717) is 6.54 Å². The normalized spacial score (nSPS) is 18.9. The van der Waals surface area contributed by atoms with Gasteiger partial charge in [-0.15, -0.1) is 0 Å². The van der Waals surface area contributed by atoms with E-state index in [0.717, 1.165) is 6.54 Å². The molecule has 0 fully saturated rings. The maximum absolute atomic E-state index is 5.59. The van der Waals surface area contributed by atoms with Crippen LogP contribution in [0.25, 0.3) is 0 Å². The SMILES string of the molecule is CC1=CC(C)=C(CN)CN1C. The van der Waals surface area contributed by atoms with Crippen LogP contribution in [0.2, 0.25) is 0 Å². The molecule has 0 spiro atoms. The second-order valence-corrected chi connectivity index (χ2v) is 3.13. The quantitative estimate of drug-likeness (QED) is 0.610. The van der Waals surface area contributed by atoms with Gasteiger partial charge in [-0.3, -0.25) is 0 Å². The molecule has 0 amide bonds. The Balaban J connectivity index is 2.87. The zero-order valence-electron chi connectivity index (χ0n) is 7.52. The highest BCUT2D eigenvalue weighted by Gasteiger charge is 2.09. The van der Waals surface area contributed by atoms with E-state index < -0.39 is 0 Å². The molecule has 0 aliphatic carbocycles. The average molecular weight is 152 g/mol. The Kier molecular flexibility index (Phi) is 2.35. The van der Waals surface area contributed by atoms with E-state index in [1.165, 1.54) is 16.8 Å². The number of hydrogen-bond acceptors (Lipinski definition) is 2. The summed E-state index contributed by atoms with van der Waals surface area (Å²) in [7, 11) is 2.09. The maximum atomic E-state index is 5.59. The second-order valence-electron chi connectivity index (χ2n) is 3.13. The van der Waals surface area contributed by atoms with Crippen LogP contribution < -0.4 is 5.73 Å². The van der Waals surface area contributed by atoms with Crippen molar-refractivity contribution in [2.45, 2.75) is 13.8 Å². The van der Waals surface area contributed by atoms with Crippen molar-refractivity contribution in [3.63, 3.8) is 0 Å². The molecule has 0 radical (unpaired) electrons. The summed E-state index contributed by atoms with van der Waals surface area (Å²) in [6, 6.07) is 0.